The van der Waals surface area contributed by atoms with E-state index in [9.17, 15) is 0 Å². The standard InChI is InChI=1S/C8H11NS/c1-2-4-7-8(5-3-1)10-6-9-7/h6H,1-5H2/p+1. The van der Waals surface area contributed by atoms with E-state index in [1.165, 1.54) is 37.8 Å². The lowest BCUT2D eigenvalue weighted by molar-refractivity contribution is -0.383. The third-order valence-corrected chi connectivity index (χ3v) is 3.07. The maximum absolute atomic E-state index is 3.32. The molecule has 1 aliphatic carbocycles. The second kappa shape index (κ2) is 2.70. The fourth-order valence-corrected chi connectivity index (χ4v) is 2.42. The Morgan fingerprint density at radius 2 is 2.10 bits per heavy atom. The van der Waals surface area contributed by atoms with Crippen LogP contribution in [0.1, 0.15) is 29.8 Å². The highest BCUT2D eigenvalue weighted by atomic mass is 32.1. The number of aromatic nitrogens is 1. The summed E-state index contributed by atoms with van der Waals surface area (Å²) in [6.45, 7) is 0. The van der Waals surface area contributed by atoms with E-state index in [-0.39, 0.29) is 0 Å². The van der Waals surface area contributed by atoms with Crippen molar-refractivity contribution in [1.82, 2.24) is 0 Å². The van der Waals surface area contributed by atoms with Crippen LogP contribution in [-0.2, 0) is 12.8 Å². The van der Waals surface area contributed by atoms with Crippen molar-refractivity contribution in [3.05, 3.63) is 16.1 Å². The van der Waals surface area contributed by atoms with Crippen molar-refractivity contribution in [2.24, 2.45) is 0 Å². The summed E-state index contributed by atoms with van der Waals surface area (Å²) in [5.41, 5.74) is 3.61. The Morgan fingerprint density at radius 1 is 1.20 bits per heavy atom. The minimum absolute atomic E-state index is 1.28. The molecule has 0 fully saturated rings. The van der Waals surface area contributed by atoms with Gasteiger partial charge in [-0.2, -0.15) is 0 Å². The number of thiazole rings is 1. The first-order valence-electron chi connectivity index (χ1n) is 3.94. The van der Waals surface area contributed by atoms with E-state index in [2.05, 4.69) is 10.5 Å². The smallest absolute Gasteiger partial charge is 0.205 e. The molecule has 0 aromatic carbocycles. The number of nitrogens with one attached hydrogen (secondary N) is 1. The molecule has 10 heavy (non-hydrogen) atoms. The van der Waals surface area contributed by atoms with Gasteiger partial charge in [0.25, 0.3) is 0 Å². The van der Waals surface area contributed by atoms with Crippen molar-refractivity contribution in [3.63, 3.8) is 0 Å². The zero-order valence-corrected chi connectivity index (χ0v) is 6.84. The maximum Gasteiger partial charge on any atom is 0.223 e. The van der Waals surface area contributed by atoms with Crippen LogP contribution in [0.5, 0.6) is 0 Å². The first-order chi connectivity index (χ1) is 4.97. The van der Waals surface area contributed by atoms with Crippen molar-refractivity contribution in [1.29, 1.82) is 0 Å². The van der Waals surface area contributed by atoms with E-state index in [0.717, 1.165) is 0 Å². The van der Waals surface area contributed by atoms with E-state index in [1.54, 1.807) is 4.88 Å². The molecular weight excluding hydrogens is 142 g/mol. The van der Waals surface area contributed by atoms with Crippen LogP contribution < -0.4 is 4.98 Å². The zero-order chi connectivity index (χ0) is 6.81. The molecule has 1 nitrogen and oxygen atoms in total. The average molecular weight is 154 g/mol. The molecular formula is C8H12NS+. The molecule has 0 unspecified atom stereocenters. The maximum atomic E-state index is 3.32. The van der Waals surface area contributed by atoms with Crippen LogP contribution in [0.4, 0.5) is 0 Å². The lowest BCUT2D eigenvalue weighted by Crippen LogP contribution is -2.04. The minimum atomic E-state index is 1.28. The van der Waals surface area contributed by atoms with Gasteiger partial charge in [-0.05, 0) is 19.3 Å². The molecule has 1 aromatic heterocycles. The predicted octanol–water partition coefficient (Wildman–Crippen LogP) is 1.83. The molecule has 1 aromatic rings. The van der Waals surface area contributed by atoms with E-state index in [4.69, 9.17) is 0 Å². The molecule has 1 N–H and O–H groups in total. The highest BCUT2D eigenvalue weighted by Gasteiger charge is 2.14. The lowest BCUT2D eigenvalue weighted by Gasteiger charge is -1.86. The Bertz CT molecular complexity index is 196. The molecule has 1 aliphatic rings. The van der Waals surface area contributed by atoms with Crippen molar-refractivity contribution in [2.75, 3.05) is 0 Å². The van der Waals surface area contributed by atoms with Gasteiger partial charge < -0.3 is 0 Å². The van der Waals surface area contributed by atoms with Crippen molar-refractivity contribution in [3.8, 4) is 0 Å². The number of aryl methyl sites for hydroxylation is 2. The summed E-state index contributed by atoms with van der Waals surface area (Å²) in [5.74, 6) is 0. The quantitative estimate of drug-likeness (QED) is 0.506. The number of hydrogen-bond acceptors (Lipinski definition) is 1. The molecule has 0 saturated heterocycles. The van der Waals surface area contributed by atoms with Gasteiger partial charge in [-0.25, -0.2) is 4.98 Å². The van der Waals surface area contributed by atoms with E-state index >= 15 is 0 Å². The van der Waals surface area contributed by atoms with Gasteiger partial charge in [-0.3, -0.25) is 0 Å². The summed E-state index contributed by atoms with van der Waals surface area (Å²) >= 11 is 1.88. The normalized spacial score (nSPS) is 18.0. The van der Waals surface area contributed by atoms with Crippen LogP contribution in [0, 0.1) is 0 Å². The summed E-state index contributed by atoms with van der Waals surface area (Å²) in [5, 5.41) is 0. The van der Waals surface area contributed by atoms with Crippen molar-refractivity contribution in [2.45, 2.75) is 32.1 Å². The number of fused-ring (bicyclic) bond motifs is 1. The van der Waals surface area contributed by atoms with Crippen molar-refractivity contribution < 1.29 is 4.98 Å². The van der Waals surface area contributed by atoms with Crippen LogP contribution in [0.3, 0.4) is 0 Å². The topological polar surface area (TPSA) is 14.1 Å². The van der Waals surface area contributed by atoms with Gasteiger partial charge in [0.1, 0.15) is 0 Å². The lowest BCUT2D eigenvalue weighted by atomic mass is 10.2. The Labute approximate surface area is 65.1 Å². The number of rotatable bonds is 0. The highest BCUT2D eigenvalue weighted by Crippen LogP contribution is 2.19. The molecule has 54 valence electrons. The molecule has 0 amide bonds. The third kappa shape index (κ3) is 1.08. The van der Waals surface area contributed by atoms with Gasteiger partial charge in [-0.1, -0.05) is 17.8 Å². The molecule has 2 rings (SSSR count). The van der Waals surface area contributed by atoms with Crippen LogP contribution in [0.25, 0.3) is 0 Å². The monoisotopic (exact) mass is 154 g/mol. The van der Waals surface area contributed by atoms with E-state index in [0.29, 0.717) is 0 Å². The number of hydrogen-bond donors (Lipinski definition) is 0. The number of H-pyrrole nitrogens is 1. The van der Waals surface area contributed by atoms with E-state index in [1.807, 2.05) is 11.3 Å². The Kier molecular flexibility index (Phi) is 1.72. The molecule has 0 aliphatic heterocycles. The third-order valence-electron chi connectivity index (χ3n) is 2.10. The molecule has 0 atom stereocenters. The Hall–Kier alpha value is -0.370. The highest BCUT2D eigenvalue weighted by molar-refractivity contribution is 7.09. The summed E-state index contributed by atoms with van der Waals surface area (Å²) in [4.78, 5) is 4.91. The Balaban J connectivity index is 2.28. The summed E-state index contributed by atoms with van der Waals surface area (Å²) in [7, 11) is 0. The molecule has 0 bridgehead atoms. The molecule has 0 radical (unpaired) electrons. The fourth-order valence-electron chi connectivity index (χ4n) is 1.51. The second-order valence-corrected chi connectivity index (χ2v) is 3.81. The molecule has 1 heterocycles. The second-order valence-electron chi connectivity index (χ2n) is 2.84. The minimum Gasteiger partial charge on any atom is -0.205 e. The first-order valence-corrected chi connectivity index (χ1v) is 4.82. The van der Waals surface area contributed by atoms with Gasteiger partial charge >= 0.3 is 0 Å². The summed E-state index contributed by atoms with van der Waals surface area (Å²) < 4.78 is 0. The van der Waals surface area contributed by atoms with Gasteiger partial charge in [-0.15, -0.1) is 0 Å². The molecule has 0 spiro atoms. The van der Waals surface area contributed by atoms with Crippen LogP contribution in [-0.4, -0.2) is 0 Å². The zero-order valence-electron chi connectivity index (χ0n) is 6.02. The predicted molar refractivity (Wildman–Crippen MR) is 42.1 cm³/mol. The van der Waals surface area contributed by atoms with E-state index < -0.39 is 0 Å². The number of aromatic amines is 1. The molecule has 2 heteroatoms. The van der Waals surface area contributed by atoms with Gasteiger partial charge in [0, 0.05) is 6.42 Å². The van der Waals surface area contributed by atoms with Gasteiger partial charge in [0.05, 0.1) is 4.88 Å². The average Bonchev–Trinajstić information content (AvgIpc) is 2.28. The molecule has 0 saturated carbocycles. The summed E-state index contributed by atoms with van der Waals surface area (Å²) in [6.07, 6.45) is 6.76. The first kappa shape index (κ1) is 6.35. The van der Waals surface area contributed by atoms with Crippen molar-refractivity contribution >= 4 is 11.3 Å². The van der Waals surface area contributed by atoms with Crippen LogP contribution >= 0.6 is 11.3 Å². The van der Waals surface area contributed by atoms with Crippen LogP contribution in [0.2, 0.25) is 0 Å². The van der Waals surface area contributed by atoms with Gasteiger partial charge in [0.15, 0.2) is 5.69 Å². The summed E-state index contributed by atoms with van der Waals surface area (Å²) in [6, 6.07) is 0. The largest absolute Gasteiger partial charge is 0.223 e. The van der Waals surface area contributed by atoms with Gasteiger partial charge in [0.2, 0.25) is 5.51 Å². The Morgan fingerprint density at radius 3 is 3.10 bits per heavy atom. The SMILES string of the molecule is c1[nH+]c2c(s1)CCCCC2. The van der Waals surface area contributed by atoms with Crippen LogP contribution in [0.15, 0.2) is 5.51 Å². The fraction of sp³-hybridized carbons (Fsp3) is 0.625.